The quantitative estimate of drug-likeness (QED) is 0.578. The lowest BCUT2D eigenvalue weighted by atomic mass is 11.0. The van der Waals surface area contributed by atoms with Gasteiger partial charge in [0.25, 0.3) is 0 Å². The minimum Gasteiger partial charge on any atom is -0.232 e. The van der Waals surface area contributed by atoms with Crippen LogP contribution in [-0.2, 0) is 10.2 Å². The molecule has 0 aliphatic carbocycles. The number of hydrogen-bond donors (Lipinski definition) is 0. The highest BCUT2D eigenvalue weighted by Crippen LogP contribution is 2.13. The number of hydrogen-bond acceptors (Lipinski definition) is 4. The molecular weight excluding hydrogens is 229 g/mol. The summed E-state index contributed by atoms with van der Waals surface area (Å²) < 4.78 is 34.1. The van der Waals surface area contributed by atoms with E-state index < -0.39 is 23.3 Å². The summed E-state index contributed by atoms with van der Waals surface area (Å²) in [4.78, 5) is 3.77. The topological polar surface area (TPSA) is 47.0 Å². The van der Waals surface area contributed by atoms with Crippen molar-refractivity contribution in [2.24, 2.45) is 0 Å². The van der Waals surface area contributed by atoms with Crippen LogP contribution in [0.1, 0.15) is 0 Å². The molecule has 1 heterocycles. The molecule has 0 unspecified atom stereocenters. The summed E-state index contributed by atoms with van der Waals surface area (Å²) in [5.41, 5.74) is 0. The predicted octanol–water partition coefficient (Wildman–Crippen LogP) is 1.35. The van der Waals surface area contributed by atoms with Crippen molar-refractivity contribution >= 4 is 34.3 Å². The van der Waals surface area contributed by atoms with E-state index in [9.17, 15) is 12.3 Å². The highest BCUT2D eigenvalue weighted by atomic mass is 32.3. The van der Waals surface area contributed by atoms with Crippen molar-refractivity contribution < 1.29 is 12.3 Å². The highest BCUT2D eigenvalue weighted by molar-refractivity contribution is 7.86. The SMILES string of the molecule is C[Si](C)(C)c1nc(S(=O)(=O)F)cs1. The average molecular weight is 239 g/mol. The maximum absolute atomic E-state index is 12.5. The van der Waals surface area contributed by atoms with Gasteiger partial charge in [-0.05, 0) is 0 Å². The van der Waals surface area contributed by atoms with Gasteiger partial charge in [-0.2, -0.15) is 8.42 Å². The summed E-state index contributed by atoms with van der Waals surface area (Å²) in [6.07, 6.45) is 0. The molecule has 7 heteroatoms. The third kappa shape index (κ3) is 2.58. The molecule has 74 valence electrons. The standard InChI is InChI=1S/C6H10FNO2S2Si/c1-13(2,3)6-8-5(4-11-6)12(7,9)10/h4H,1-3H3. The molecule has 0 atom stereocenters. The summed E-state index contributed by atoms with van der Waals surface area (Å²) in [6, 6.07) is 0. The van der Waals surface area contributed by atoms with Crippen molar-refractivity contribution in [3.8, 4) is 0 Å². The molecule has 1 aromatic rings. The molecule has 0 saturated heterocycles. The zero-order valence-electron chi connectivity index (χ0n) is 7.54. The fourth-order valence-corrected chi connectivity index (χ4v) is 4.12. The van der Waals surface area contributed by atoms with Crippen molar-refractivity contribution in [1.82, 2.24) is 4.98 Å². The lowest BCUT2D eigenvalue weighted by Crippen LogP contribution is -2.37. The van der Waals surface area contributed by atoms with E-state index in [1.165, 1.54) is 16.7 Å². The molecule has 0 aliphatic rings. The highest BCUT2D eigenvalue weighted by Gasteiger charge is 2.24. The molecule has 1 aromatic heterocycles. The van der Waals surface area contributed by atoms with E-state index in [2.05, 4.69) is 4.98 Å². The number of nitrogens with zero attached hydrogens (tertiary/aromatic N) is 1. The van der Waals surface area contributed by atoms with Gasteiger partial charge in [0.05, 0.1) is 4.63 Å². The summed E-state index contributed by atoms with van der Waals surface area (Å²) in [7, 11) is -6.24. The maximum Gasteiger partial charge on any atom is 0.350 e. The van der Waals surface area contributed by atoms with Crippen LogP contribution in [0.4, 0.5) is 3.89 Å². The Morgan fingerprint density at radius 2 is 2.00 bits per heavy atom. The van der Waals surface area contributed by atoms with Gasteiger partial charge in [-0.15, -0.1) is 11.3 Å². The van der Waals surface area contributed by atoms with E-state index in [1.807, 2.05) is 19.6 Å². The Bertz CT molecular complexity index is 407. The lowest BCUT2D eigenvalue weighted by molar-refractivity contribution is 0.549. The molecule has 0 radical (unpaired) electrons. The molecule has 3 nitrogen and oxygen atoms in total. The lowest BCUT2D eigenvalue weighted by Gasteiger charge is -2.09. The van der Waals surface area contributed by atoms with Crippen molar-refractivity contribution in [2.45, 2.75) is 24.7 Å². The predicted molar refractivity (Wildman–Crippen MR) is 53.4 cm³/mol. The Morgan fingerprint density at radius 3 is 2.23 bits per heavy atom. The minimum atomic E-state index is -4.62. The Labute approximate surface area is 81.9 Å². The van der Waals surface area contributed by atoms with Crippen LogP contribution in [0.15, 0.2) is 10.4 Å². The molecule has 0 bridgehead atoms. The Kier molecular flexibility index (Phi) is 2.61. The van der Waals surface area contributed by atoms with Gasteiger partial charge in [0.2, 0.25) is 0 Å². The van der Waals surface area contributed by atoms with Gasteiger partial charge in [0.1, 0.15) is 8.07 Å². The van der Waals surface area contributed by atoms with Crippen molar-refractivity contribution in [3.05, 3.63) is 5.38 Å². The zero-order valence-corrected chi connectivity index (χ0v) is 10.2. The van der Waals surface area contributed by atoms with E-state index in [1.54, 1.807) is 0 Å². The first-order chi connectivity index (χ1) is 5.71. The molecule has 1 rings (SSSR count). The molecule has 13 heavy (non-hydrogen) atoms. The molecule has 0 N–H and O–H groups in total. The number of rotatable bonds is 2. The zero-order chi connectivity index (χ0) is 10.3. The second kappa shape index (κ2) is 3.14. The normalized spacial score (nSPS) is 13.2. The van der Waals surface area contributed by atoms with Crippen LogP contribution in [-0.4, -0.2) is 21.5 Å². The van der Waals surface area contributed by atoms with Gasteiger partial charge in [-0.3, -0.25) is 0 Å². The summed E-state index contributed by atoms with van der Waals surface area (Å²) in [5, 5.41) is 0.804. The summed E-state index contributed by atoms with van der Waals surface area (Å²) in [6.45, 7) is 6.08. The fraction of sp³-hybridized carbons (Fsp3) is 0.500. The van der Waals surface area contributed by atoms with Gasteiger partial charge >= 0.3 is 10.2 Å². The van der Waals surface area contributed by atoms with E-state index in [0.29, 0.717) is 0 Å². The Hall–Kier alpha value is -0.273. The average Bonchev–Trinajstić information content (AvgIpc) is 2.28. The van der Waals surface area contributed by atoms with E-state index in [-0.39, 0.29) is 0 Å². The van der Waals surface area contributed by atoms with Crippen molar-refractivity contribution in [1.29, 1.82) is 0 Å². The van der Waals surface area contributed by atoms with Gasteiger partial charge in [-0.1, -0.05) is 23.5 Å². The van der Waals surface area contributed by atoms with Gasteiger partial charge in [0, 0.05) is 5.38 Å². The number of halogens is 1. The second-order valence-electron chi connectivity index (χ2n) is 3.68. The number of thiazole rings is 1. The maximum atomic E-state index is 12.5. The first-order valence-electron chi connectivity index (χ1n) is 3.62. The Balaban J connectivity index is 3.16. The van der Waals surface area contributed by atoms with Crippen LogP contribution < -0.4 is 4.63 Å². The van der Waals surface area contributed by atoms with Crippen molar-refractivity contribution in [3.63, 3.8) is 0 Å². The van der Waals surface area contributed by atoms with E-state index >= 15 is 0 Å². The van der Waals surface area contributed by atoms with Crippen LogP contribution >= 0.6 is 11.3 Å². The smallest absolute Gasteiger partial charge is 0.232 e. The molecule has 0 saturated carbocycles. The summed E-state index contributed by atoms with van der Waals surface area (Å²) >= 11 is 1.21. The van der Waals surface area contributed by atoms with Gasteiger partial charge < -0.3 is 0 Å². The molecule has 0 aromatic carbocycles. The van der Waals surface area contributed by atoms with Crippen LogP contribution in [0.2, 0.25) is 19.6 Å². The van der Waals surface area contributed by atoms with Crippen LogP contribution in [0.3, 0.4) is 0 Å². The number of aromatic nitrogens is 1. The minimum absolute atomic E-state index is 0.449. The second-order valence-corrected chi connectivity index (χ2v) is 11.2. The van der Waals surface area contributed by atoms with Crippen molar-refractivity contribution in [2.75, 3.05) is 0 Å². The van der Waals surface area contributed by atoms with Crippen LogP contribution in [0.5, 0.6) is 0 Å². The molecule has 0 fully saturated rings. The third-order valence-electron chi connectivity index (χ3n) is 1.37. The van der Waals surface area contributed by atoms with Crippen LogP contribution in [0.25, 0.3) is 0 Å². The molecule has 0 spiro atoms. The molecule has 0 amide bonds. The Morgan fingerprint density at radius 1 is 1.46 bits per heavy atom. The van der Waals surface area contributed by atoms with Crippen LogP contribution in [0, 0.1) is 0 Å². The summed E-state index contributed by atoms with van der Waals surface area (Å²) in [5.74, 6) is 0. The first-order valence-corrected chi connectivity index (χ1v) is 9.38. The van der Waals surface area contributed by atoms with Gasteiger partial charge in [0.15, 0.2) is 5.03 Å². The van der Waals surface area contributed by atoms with E-state index in [4.69, 9.17) is 0 Å². The van der Waals surface area contributed by atoms with Gasteiger partial charge in [-0.25, -0.2) is 4.98 Å². The third-order valence-corrected chi connectivity index (χ3v) is 6.47. The van der Waals surface area contributed by atoms with E-state index in [0.717, 1.165) is 4.63 Å². The molecule has 0 aliphatic heterocycles. The largest absolute Gasteiger partial charge is 0.350 e. The fourth-order valence-electron chi connectivity index (χ4n) is 0.715. The molecular formula is C6H10FNO2S2Si. The monoisotopic (exact) mass is 239 g/mol. The first kappa shape index (κ1) is 10.8.